The van der Waals surface area contributed by atoms with Crippen molar-refractivity contribution in [2.75, 3.05) is 12.3 Å². The van der Waals surface area contributed by atoms with E-state index in [1.54, 1.807) is 0 Å². The zero-order chi connectivity index (χ0) is 13.9. The summed E-state index contributed by atoms with van der Waals surface area (Å²) in [6, 6.07) is 3.38. The first-order valence-electron chi connectivity index (χ1n) is 4.57. The number of halogens is 4. The summed E-state index contributed by atoms with van der Waals surface area (Å²) in [7, 11) is 0. The van der Waals surface area contributed by atoms with E-state index in [2.05, 4.69) is 4.74 Å². The average molecular weight is 268 g/mol. The lowest BCUT2D eigenvalue weighted by Gasteiger charge is -2.16. The SMILES string of the molecule is Nc1cccc(OCC(F)(F)C(F)F)c1[N+](=O)[O-]. The van der Waals surface area contributed by atoms with Gasteiger partial charge >= 0.3 is 18.0 Å². The van der Waals surface area contributed by atoms with Crippen molar-refractivity contribution in [3.05, 3.63) is 28.3 Å². The van der Waals surface area contributed by atoms with Crippen LogP contribution in [0.3, 0.4) is 0 Å². The molecule has 0 aliphatic carbocycles. The summed E-state index contributed by atoms with van der Waals surface area (Å²) in [5.41, 5.74) is 4.22. The summed E-state index contributed by atoms with van der Waals surface area (Å²) in [6.45, 7) is -1.67. The Kier molecular flexibility index (Phi) is 3.94. The highest BCUT2D eigenvalue weighted by Gasteiger charge is 2.42. The number of para-hydroxylation sites is 1. The molecule has 1 aromatic rings. The van der Waals surface area contributed by atoms with Crippen LogP contribution < -0.4 is 10.5 Å². The highest BCUT2D eigenvalue weighted by molar-refractivity contribution is 5.65. The van der Waals surface area contributed by atoms with Crippen LogP contribution in [-0.4, -0.2) is 23.9 Å². The monoisotopic (exact) mass is 268 g/mol. The molecule has 2 N–H and O–H groups in total. The fourth-order valence-corrected chi connectivity index (χ4v) is 1.09. The Morgan fingerprint density at radius 2 is 2.06 bits per heavy atom. The summed E-state index contributed by atoms with van der Waals surface area (Å²) in [4.78, 5) is 9.67. The molecule has 0 radical (unpaired) electrons. The van der Waals surface area contributed by atoms with Gasteiger partial charge in [-0.2, -0.15) is 8.78 Å². The highest BCUT2D eigenvalue weighted by Crippen LogP contribution is 2.34. The third kappa shape index (κ3) is 2.99. The van der Waals surface area contributed by atoms with Crippen LogP contribution in [0.5, 0.6) is 5.75 Å². The molecule has 0 saturated carbocycles. The number of nitro benzene ring substituents is 1. The van der Waals surface area contributed by atoms with E-state index in [9.17, 15) is 27.7 Å². The number of ether oxygens (including phenoxy) is 1. The molecule has 0 atom stereocenters. The standard InChI is InChI=1S/C9H8F4N2O3/c10-8(11)9(12,13)4-18-6-3-1-2-5(14)7(6)15(16)17/h1-3,8H,4,14H2. The Balaban J connectivity index is 2.92. The summed E-state index contributed by atoms with van der Waals surface area (Å²) < 4.78 is 53.3. The van der Waals surface area contributed by atoms with Gasteiger partial charge in [-0.25, -0.2) is 8.78 Å². The maximum absolute atomic E-state index is 12.6. The number of nitrogen functional groups attached to an aromatic ring is 1. The molecule has 9 heteroatoms. The van der Waals surface area contributed by atoms with Crippen molar-refractivity contribution in [1.82, 2.24) is 0 Å². The topological polar surface area (TPSA) is 78.4 Å². The van der Waals surface area contributed by atoms with E-state index in [4.69, 9.17) is 5.73 Å². The Labute approximate surface area is 98.3 Å². The Morgan fingerprint density at radius 1 is 1.44 bits per heavy atom. The lowest BCUT2D eigenvalue weighted by Crippen LogP contribution is -2.33. The predicted molar refractivity (Wildman–Crippen MR) is 54.0 cm³/mol. The van der Waals surface area contributed by atoms with Gasteiger partial charge in [-0.05, 0) is 12.1 Å². The number of hydrogen-bond acceptors (Lipinski definition) is 4. The summed E-state index contributed by atoms with van der Waals surface area (Å²) in [5.74, 6) is -4.97. The van der Waals surface area contributed by atoms with Crippen molar-refractivity contribution < 1.29 is 27.2 Å². The van der Waals surface area contributed by atoms with Crippen LogP contribution in [0.15, 0.2) is 18.2 Å². The number of alkyl halides is 4. The van der Waals surface area contributed by atoms with Crippen molar-refractivity contribution in [1.29, 1.82) is 0 Å². The zero-order valence-corrected chi connectivity index (χ0v) is 8.78. The van der Waals surface area contributed by atoms with Crippen molar-refractivity contribution in [2.24, 2.45) is 0 Å². The van der Waals surface area contributed by atoms with E-state index >= 15 is 0 Å². The molecule has 0 saturated heterocycles. The quantitative estimate of drug-likeness (QED) is 0.385. The van der Waals surface area contributed by atoms with E-state index in [-0.39, 0.29) is 5.69 Å². The fourth-order valence-electron chi connectivity index (χ4n) is 1.09. The van der Waals surface area contributed by atoms with Crippen LogP contribution in [0.25, 0.3) is 0 Å². The third-order valence-electron chi connectivity index (χ3n) is 1.95. The smallest absolute Gasteiger partial charge is 0.340 e. The summed E-state index contributed by atoms with van der Waals surface area (Å²) in [6.07, 6.45) is -3.92. The number of nitrogens with two attached hydrogens (primary N) is 1. The predicted octanol–water partition coefficient (Wildman–Crippen LogP) is 2.46. The van der Waals surface area contributed by atoms with Crippen molar-refractivity contribution in [2.45, 2.75) is 12.3 Å². The molecule has 5 nitrogen and oxygen atoms in total. The Hall–Kier alpha value is -2.06. The summed E-state index contributed by atoms with van der Waals surface area (Å²) >= 11 is 0. The van der Waals surface area contributed by atoms with Gasteiger partial charge in [0.2, 0.25) is 0 Å². The second-order valence-corrected chi connectivity index (χ2v) is 3.30. The minimum atomic E-state index is -4.39. The van der Waals surface area contributed by atoms with Gasteiger partial charge in [0.1, 0.15) is 5.69 Å². The second-order valence-electron chi connectivity index (χ2n) is 3.30. The van der Waals surface area contributed by atoms with Gasteiger partial charge in [0, 0.05) is 0 Å². The van der Waals surface area contributed by atoms with Crippen LogP contribution in [0, 0.1) is 10.1 Å². The van der Waals surface area contributed by atoms with E-state index < -0.39 is 35.3 Å². The molecule has 0 fully saturated rings. The number of nitrogens with zero attached hydrogens (tertiary/aromatic N) is 1. The van der Waals surface area contributed by atoms with Crippen LogP contribution in [0.4, 0.5) is 28.9 Å². The Morgan fingerprint density at radius 3 is 2.56 bits per heavy atom. The number of rotatable bonds is 5. The van der Waals surface area contributed by atoms with Crippen molar-refractivity contribution in [3.8, 4) is 5.75 Å². The minimum Gasteiger partial charge on any atom is -0.480 e. The van der Waals surface area contributed by atoms with Crippen LogP contribution >= 0.6 is 0 Å². The molecule has 0 heterocycles. The molecule has 18 heavy (non-hydrogen) atoms. The number of nitro groups is 1. The molecule has 0 aliphatic heterocycles. The first-order valence-corrected chi connectivity index (χ1v) is 4.57. The molecular formula is C9H8F4N2O3. The first-order chi connectivity index (χ1) is 8.25. The van der Waals surface area contributed by atoms with Gasteiger partial charge in [0.05, 0.1) is 4.92 Å². The van der Waals surface area contributed by atoms with Crippen LogP contribution in [0.1, 0.15) is 0 Å². The van der Waals surface area contributed by atoms with Gasteiger partial charge in [-0.1, -0.05) is 6.07 Å². The molecule has 0 spiro atoms. The van der Waals surface area contributed by atoms with E-state index in [0.29, 0.717) is 0 Å². The maximum Gasteiger partial charge on any atom is 0.340 e. The van der Waals surface area contributed by atoms with Crippen LogP contribution in [-0.2, 0) is 0 Å². The molecule has 1 rings (SSSR count). The van der Waals surface area contributed by atoms with Gasteiger partial charge in [-0.15, -0.1) is 0 Å². The average Bonchev–Trinajstić information content (AvgIpc) is 2.25. The lowest BCUT2D eigenvalue weighted by atomic mass is 10.2. The van der Waals surface area contributed by atoms with Gasteiger partial charge in [0.25, 0.3) is 0 Å². The van der Waals surface area contributed by atoms with Crippen molar-refractivity contribution in [3.63, 3.8) is 0 Å². The van der Waals surface area contributed by atoms with Gasteiger partial charge in [0.15, 0.2) is 12.4 Å². The zero-order valence-electron chi connectivity index (χ0n) is 8.78. The van der Waals surface area contributed by atoms with E-state index in [0.717, 1.165) is 12.1 Å². The molecule has 1 aromatic carbocycles. The Bertz CT molecular complexity index is 453. The molecule has 0 aromatic heterocycles. The van der Waals surface area contributed by atoms with Crippen molar-refractivity contribution >= 4 is 11.4 Å². The van der Waals surface area contributed by atoms with E-state index in [1.807, 2.05) is 0 Å². The maximum atomic E-state index is 12.6. The van der Waals surface area contributed by atoms with Gasteiger partial charge < -0.3 is 10.5 Å². The highest BCUT2D eigenvalue weighted by atomic mass is 19.3. The fraction of sp³-hybridized carbons (Fsp3) is 0.333. The third-order valence-corrected chi connectivity index (χ3v) is 1.95. The largest absolute Gasteiger partial charge is 0.480 e. The molecular weight excluding hydrogens is 260 g/mol. The minimum absolute atomic E-state index is 0.308. The normalized spacial score (nSPS) is 11.6. The van der Waals surface area contributed by atoms with E-state index in [1.165, 1.54) is 6.07 Å². The molecule has 0 amide bonds. The second kappa shape index (κ2) is 5.07. The molecule has 0 aliphatic rings. The first kappa shape index (κ1) is 14.0. The molecule has 0 unspecified atom stereocenters. The number of hydrogen-bond donors (Lipinski definition) is 1. The van der Waals surface area contributed by atoms with Gasteiger partial charge in [-0.3, -0.25) is 10.1 Å². The van der Waals surface area contributed by atoms with Crippen LogP contribution in [0.2, 0.25) is 0 Å². The molecule has 0 bridgehead atoms. The summed E-state index contributed by atoms with van der Waals surface area (Å²) in [5, 5.41) is 10.6. The number of anilines is 1. The number of benzene rings is 1. The molecule has 100 valence electrons. The lowest BCUT2D eigenvalue weighted by molar-refractivity contribution is -0.385.